The van der Waals surface area contributed by atoms with Gasteiger partial charge in [-0.05, 0) is 59.9 Å². The standard InChI is InChI=1S/C25H25N3O5S2/c1-35(31,32)27-21-6-2-5-20(14-21)19-8-11-23(12-9-19)33-16-22(28-24(29)17-34-25(28)30)10-7-18-4-3-13-26-15-18/h2-6,8-9,11-15,22,27H,7,10,16-17H2,1H3/t22-/m0/s1. The lowest BCUT2D eigenvalue weighted by molar-refractivity contribution is -0.126. The summed E-state index contributed by atoms with van der Waals surface area (Å²) in [5.74, 6) is 0.569. The topological polar surface area (TPSA) is 106 Å². The second kappa shape index (κ2) is 10.9. The number of hydrogen-bond acceptors (Lipinski definition) is 7. The lowest BCUT2D eigenvalue weighted by Crippen LogP contribution is -2.43. The van der Waals surface area contributed by atoms with Gasteiger partial charge in [-0.15, -0.1) is 0 Å². The molecule has 1 N–H and O–H groups in total. The van der Waals surface area contributed by atoms with Crippen molar-refractivity contribution in [3.05, 3.63) is 78.6 Å². The van der Waals surface area contributed by atoms with Gasteiger partial charge in [0, 0.05) is 18.1 Å². The summed E-state index contributed by atoms with van der Waals surface area (Å²) in [4.78, 5) is 30.1. The Kier molecular flexibility index (Phi) is 7.72. The Morgan fingerprint density at radius 2 is 1.89 bits per heavy atom. The third-order valence-corrected chi connectivity index (χ3v) is 6.88. The maximum absolute atomic E-state index is 12.3. The summed E-state index contributed by atoms with van der Waals surface area (Å²) in [6.45, 7) is 0.186. The Bertz CT molecular complexity index is 1280. The molecule has 0 aliphatic carbocycles. The molecule has 2 heterocycles. The third kappa shape index (κ3) is 6.83. The van der Waals surface area contributed by atoms with E-state index in [4.69, 9.17) is 4.74 Å². The van der Waals surface area contributed by atoms with Crippen LogP contribution in [0.3, 0.4) is 0 Å². The number of imide groups is 1. The van der Waals surface area contributed by atoms with Crippen LogP contribution in [-0.2, 0) is 21.2 Å². The van der Waals surface area contributed by atoms with Crippen LogP contribution in [0.2, 0.25) is 0 Å². The first-order chi connectivity index (χ1) is 16.8. The van der Waals surface area contributed by atoms with Gasteiger partial charge in [-0.2, -0.15) is 0 Å². The molecule has 1 saturated heterocycles. The first-order valence-corrected chi connectivity index (χ1v) is 13.8. The van der Waals surface area contributed by atoms with Crippen LogP contribution in [0.15, 0.2) is 73.1 Å². The number of aromatic nitrogens is 1. The van der Waals surface area contributed by atoms with Gasteiger partial charge in [-0.3, -0.25) is 24.2 Å². The second-order valence-electron chi connectivity index (χ2n) is 8.16. The fraction of sp³-hybridized carbons (Fsp3) is 0.240. The predicted molar refractivity (Wildman–Crippen MR) is 137 cm³/mol. The lowest BCUT2D eigenvalue weighted by atomic mass is 10.0. The molecule has 2 amide bonds. The zero-order valence-corrected chi connectivity index (χ0v) is 20.7. The Morgan fingerprint density at radius 3 is 2.54 bits per heavy atom. The van der Waals surface area contributed by atoms with Crippen LogP contribution in [0.1, 0.15) is 12.0 Å². The van der Waals surface area contributed by atoms with Crippen LogP contribution in [0.4, 0.5) is 10.5 Å². The number of hydrogen-bond donors (Lipinski definition) is 1. The van der Waals surface area contributed by atoms with E-state index in [1.165, 1.54) is 4.90 Å². The van der Waals surface area contributed by atoms with Gasteiger partial charge in [-0.1, -0.05) is 42.1 Å². The summed E-state index contributed by atoms with van der Waals surface area (Å²) in [6.07, 6.45) is 5.83. The highest BCUT2D eigenvalue weighted by Gasteiger charge is 2.36. The molecule has 1 aliphatic rings. The molecule has 0 radical (unpaired) electrons. The summed E-state index contributed by atoms with van der Waals surface area (Å²) in [5.41, 5.74) is 3.26. The van der Waals surface area contributed by atoms with E-state index in [-0.39, 0.29) is 29.5 Å². The van der Waals surface area contributed by atoms with Gasteiger partial charge in [0.15, 0.2) is 0 Å². The van der Waals surface area contributed by atoms with E-state index in [1.54, 1.807) is 30.6 Å². The number of aryl methyl sites for hydroxylation is 1. The summed E-state index contributed by atoms with van der Waals surface area (Å²) >= 11 is 1.02. The molecule has 10 heteroatoms. The van der Waals surface area contributed by atoms with Crippen molar-refractivity contribution in [2.75, 3.05) is 23.3 Å². The quantitative estimate of drug-likeness (QED) is 0.435. The molecule has 0 bridgehead atoms. The molecule has 1 atom stereocenters. The molecular formula is C25H25N3O5S2. The minimum Gasteiger partial charge on any atom is -0.491 e. The monoisotopic (exact) mass is 511 g/mol. The molecule has 4 rings (SSSR count). The summed E-state index contributed by atoms with van der Waals surface area (Å²) in [6, 6.07) is 17.9. The number of amides is 2. The molecule has 182 valence electrons. The normalized spacial score (nSPS) is 14.7. The van der Waals surface area contributed by atoms with E-state index in [9.17, 15) is 18.0 Å². The van der Waals surface area contributed by atoms with Crippen molar-refractivity contribution < 1.29 is 22.7 Å². The SMILES string of the molecule is CS(=O)(=O)Nc1cccc(-c2ccc(OC[C@H](CCc3cccnc3)N3C(=O)CSC3=O)cc2)c1. The number of nitrogens with one attached hydrogen (secondary N) is 1. The fourth-order valence-electron chi connectivity index (χ4n) is 3.80. The van der Waals surface area contributed by atoms with E-state index in [1.807, 2.05) is 42.5 Å². The van der Waals surface area contributed by atoms with Crippen molar-refractivity contribution in [3.8, 4) is 16.9 Å². The molecule has 1 aliphatic heterocycles. The van der Waals surface area contributed by atoms with Gasteiger partial charge in [0.25, 0.3) is 5.24 Å². The highest BCUT2D eigenvalue weighted by Crippen LogP contribution is 2.27. The molecule has 1 fully saturated rings. The highest BCUT2D eigenvalue weighted by molar-refractivity contribution is 8.14. The van der Waals surface area contributed by atoms with E-state index in [2.05, 4.69) is 9.71 Å². The van der Waals surface area contributed by atoms with Crippen molar-refractivity contribution in [2.24, 2.45) is 0 Å². The maximum atomic E-state index is 12.3. The van der Waals surface area contributed by atoms with Crippen LogP contribution in [0.25, 0.3) is 11.1 Å². The lowest BCUT2D eigenvalue weighted by Gasteiger charge is -2.25. The molecule has 35 heavy (non-hydrogen) atoms. The smallest absolute Gasteiger partial charge is 0.289 e. The number of benzene rings is 2. The van der Waals surface area contributed by atoms with Gasteiger partial charge >= 0.3 is 0 Å². The molecule has 2 aromatic carbocycles. The van der Waals surface area contributed by atoms with E-state index < -0.39 is 10.0 Å². The zero-order chi connectivity index (χ0) is 24.8. The van der Waals surface area contributed by atoms with Crippen LogP contribution < -0.4 is 9.46 Å². The minimum atomic E-state index is -3.36. The number of thioether (sulfide) groups is 1. The molecule has 0 unspecified atom stereocenters. The van der Waals surface area contributed by atoms with E-state index >= 15 is 0 Å². The van der Waals surface area contributed by atoms with Gasteiger partial charge in [0.2, 0.25) is 15.9 Å². The van der Waals surface area contributed by atoms with E-state index in [0.717, 1.165) is 34.7 Å². The summed E-state index contributed by atoms with van der Waals surface area (Å²) < 4.78 is 31.5. The Hall–Kier alpha value is -3.37. The molecule has 0 saturated carbocycles. The van der Waals surface area contributed by atoms with Crippen LogP contribution in [-0.4, -0.2) is 54.1 Å². The Morgan fingerprint density at radius 1 is 1.09 bits per heavy atom. The Labute approximate surface area is 208 Å². The number of carbonyl (C=O) groups excluding carboxylic acids is 2. The number of nitrogens with zero attached hydrogens (tertiary/aromatic N) is 2. The predicted octanol–water partition coefficient (Wildman–Crippen LogP) is 4.20. The van der Waals surface area contributed by atoms with Crippen molar-refractivity contribution in [1.82, 2.24) is 9.88 Å². The number of rotatable bonds is 10. The van der Waals surface area contributed by atoms with Crippen molar-refractivity contribution in [2.45, 2.75) is 18.9 Å². The molecule has 3 aromatic rings. The number of carbonyl (C=O) groups is 2. The number of ether oxygens (including phenoxy) is 1. The average molecular weight is 512 g/mol. The van der Waals surface area contributed by atoms with Crippen LogP contribution >= 0.6 is 11.8 Å². The number of anilines is 1. The van der Waals surface area contributed by atoms with Crippen molar-refractivity contribution >= 4 is 38.6 Å². The average Bonchev–Trinajstić information content (AvgIpc) is 3.17. The van der Waals surface area contributed by atoms with Crippen LogP contribution in [0, 0.1) is 0 Å². The van der Waals surface area contributed by atoms with Crippen molar-refractivity contribution in [1.29, 1.82) is 0 Å². The molecule has 0 spiro atoms. The fourth-order valence-corrected chi connectivity index (χ4v) is 5.13. The third-order valence-electron chi connectivity index (χ3n) is 5.43. The molecular weight excluding hydrogens is 486 g/mol. The molecule has 8 nitrogen and oxygen atoms in total. The van der Waals surface area contributed by atoms with Gasteiger partial charge in [0.1, 0.15) is 12.4 Å². The van der Waals surface area contributed by atoms with Gasteiger partial charge in [-0.25, -0.2) is 8.42 Å². The first-order valence-electron chi connectivity index (χ1n) is 11.0. The highest BCUT2D eigenvalue weighted by atomic mass is 32.2. The number of pyridine rings is 1. The summed E-state index contributed by atoms with van der Waals surface area (Å²) in [7, 11) is -3.36. The second-order valence-corrected chi connectivity index (χ2v) is 10.8. The zero-order valence-electron chi connectivity index (χ0n) is 19.1. The first kappa shape index (κ1) is 24.7. The maximum Gasteiger partial charge on any atom is 0.289 e. The molecule has 1 aromatic heterocycles. The van der Waals surface area contributed by atoms with Gasteiger partial charge < -0.3 is 4.74 Å². The van der Waals surface area contributed by atoms with Crippen LogP contribution in [0.5, 0.6) is 5.75 Å². The number of sulfonamides is 1. The van der Waals surface area contributed by atoms with Crippen molar-refractivity contribution in [3.63, 3.8) is 0 Å². The minimum absolute atomic E-state index is 0.157. The summed E-state index contributed by atoms with van der Waals surface area (Å²) in [5, 5.41) is -0.243. The van der Waals surface area contributed by atoms with E-state index in [0.29, 0.717) is 24.3 Å². The van der Waals surface area contributed by atoms with Gasteiger partial charge in [0.05, 0.1) is 18.1 Å². The Balaban J connectivity index is 1.44. The largest absolute Gasteiger partial charge is 0.491 e.